The molecule has 62 heavy (non-hydrogen) atoms. The molecule has 332 valence electrons. The van der Waals surface area contributed by atoms with Gasteiger partial charge in [0.25, 0.3) is 11.8 Å². The Morgan fingerprint density at radius 3 is 0.871 bits per heavy atom. The zero-order valence-corrected chi connectivity index (χ0v) is 42.0. The first kappa shape index (κ1) is 46.4. The second-order valence-electron chi connectivity index (χ2n) is 20.4. The maximum absolute atomic E-state index is 13.7. The summed E-state index contributed by atoms with van der Waals surface area (Å²) in [4.78, 5) is 34.6. The summed E-state index contributed by atoms with van der Waals surface area (Å²) < 4.78 is 27.4. The topological polar surface area (TPSA) is 95.1 Å². The van der Waals surface area contributed by atoms with Crippen molar-refractivity contribution >= 4 is 58.9 Å². The van der Waals surface area contributed by atoms with Crippen LogP contribution in [0.2, 0.25) is 0 Å². The Balaban J connectivity index is 1.67. The Bertz CT molecular complexity index is 2240. The van der Waals surface area contributed by atoms with Crippen LogP contribution in [0.4, 0.5) is 0 Å². The smallest absolute Gasteiger partial charge is 0.260 e. The average Bonchev–Trinajstić information content (AvgIpc) is 3.15. The molecule has 0 radical (unpaired) electrons. The quantitative estimate of drug-likeness (QED) is 0.156. The van der Waals surface area contributed by atoms with Crippen molar-refractivity contribution in [2.45, 2.75) is 170 Å². The molecule has 4 aromatic carbocycles. The molecule has 3 aliphatic rings. The van der Waals surface area contributed by atoms with Gasteiger partial charge < -0.3 is 29.6 Å². The van der Waals surface area contributed by atoms with Gasteiger partial charge in [-0.2, -0.15) is 0 Å². The Hall–Kier alpha value is -3.58. The minimum atomic E-state index is -0.787. The molecule has 2 amide bonds. The van der Waals surface area contributed by atoms with Gasteiger partial charge in [-0.3, -0.25) is 9.59 Å². The summed E-state index contributed by atoms with van der Waals surface area (Å²) in [7, 11) is 0. The Kier molecular flexibility index (Phi) is 13.0. The molecule has 12 bridgehead atoms. The van der Waals surface area contributed by atoms with E-state index in [9.17, 15) is 9.59 Å². The summed E-state index contributed by atoms with van der Waals surface area (Å²) in [6.45, 7) is 31.4. The van der Waals surface area contributed by atoms with Crippen LogP contribution in [0.3, 0.4) is 0 Å². The lowest BCUT2D eigenvalue weighted by Gasteiger charge is -2.30. The van der Waals surface area contributed by atoms with Crippen LogP contribution >= 0.6 is 47.0 Å². The Morgan fingerprint density at radius 1 is 0.419 bits per heavy atom. The normalized spacial score (nSPS) is 18.8. The highest BCUT2D eigenvalue weighted by Crippen LogP contribution is 2.56. The number of carbonyl (C=O) groups excluding carboxylic acids is 2. The summed E-state index contributed by atoms with van der Waals surface area (Å²) in [5.74, 6) is 2.23. The predicted octanol–water partition coefficient (Wildman–Crippen LogP) is 12.3. The molecule has 4 aromatic rings. The lowest BCUT2D eigenvalue weighted by molar-refractivity contribution is -0.128. The fourth-order valence-corrected chi connectivity index (χ4v) is 11.8. The summed E-state index contributed by atoms with van der Waals surface area (Å²) in [5.41, 5.74) is 3.63. The van der Waals surface area contributed by atoms with Gasteiger partial charge in [-0.25, -0.2) is 0 Å². The van der Waals surface area contributed by atoms with Crippen LogP contribution < -0.4 is 29.6 Å². The number of benzene rings is 4. The molecule has 2 N–H and O–H groups in total. The molecule has 0 saturated carbocycles. The summed E-state index contributed by atoms with van der Waals surface area (Å²) in [6.07, 6.45) is -1.57. The van der Waals surface area contributed by atoms with Crippen LogP contribution in [-0.2, 0) is 31.2 Å². The van der Waals surface area contributed by atoms with Gasteiger partial charge in [0.15, 0.2) is 12.2 Å². The van der Waals surface area contributed by atoms with E-state index in [0.717, 1.165) is 61.4 Å². The minimum absolute atomic E-state index is 0.218. The molecule has 0 unspecified atom stereocenters. The third-order valence-electron chi connectivity index (χ3n) is 11.0. The van der Waals surface area contributed by atoms with E-state index >= 15 is 0 Å². The van der Waals surface area contributed by atoms with Gasteiger partial charge in [0.2, 0.25) is 0 Å². The molecule has 8 nitrogen and oxygen atoms in total. The molecule has 3 aliphatic heterocycles. The van der Waals surface area contributed by atoms with E-state index in [2.05, 4.69) is 142 Å². The van der Waals surface area contributed by atoms with Gasteiger partial charge in [-0.1, -0.05) is 130 Å². The van der Waals surface area contributed by atoms with Gasteiger partial charge in [-0.15, -0.1) is 0 Å². The van der Waals surface area contributed by atoms with E-state index in [1.165, 1.54) is 0 Å². The van der Waals surface area contributed by atoms with E-state index in [1.807, 2.05) is 0 Å². The maximum Gasteiger partial charge on any atom is 0.260 e. The van der Waals surface area contributed by atoms with Crippen molar-refractivity contribution in [3.63, 3.8) is 0 Å². The average molecular weight is 915 g/mol. The van der Waals surface area contributed by atoms with E-state index in [4.69, 9.17) is 18.9 Å². The fourth-order valence-electron chi connectivity index (χ4n) is 7.04. The van der Waals surface area contributed by atoms with Crippen molar-refractivity contribution in [1.29, 1.82) is 0 Å². The highest BCUT2D eigenvalue weighted by molar-refractivity contribution is 8.01. The Labute approximate surface area is 385 Å². The van der Waals surface area contributed by atoms with Gasteiger partial charge in [0.1, 0.15) is 36.2 Å². The Morgan fingerprint density at radius 2 is 0.645 bits per heavy atom. The summed E-state index contributed by atoms with van der Waals surface area (Å²) in [6, 6.07) is 17.8. The molecule has 7 rings (SSSR count). The van der Waals surface area contributed by atoms with Crippen LogP contribution in [-0.4, -0.2) is 50.3 Å². The molecule has 0 aliphatic carbocycles. The number of ether oxygens (including phenoxy) is 4. The largest absolute Gasteiger partial charge is 0.489 e. The second kappa shape index (κ2) is 17.4. The number of nitrogens with one attached hydrogen (secondary N) is 2. The molecule has 0 saturated heterocycles. The number of rotatable bonds is 0. The first-order valence-corrected chi connectivity index (χ1v) is 24.7. The predicted molar refractivity (Wildman–Crippen MR) is 254 cm³/mol. The fraction of sp³-hybridized carbons (Fsp3) is 0.480. The zero-order chi connectivity index (χ0) is 45.1. The highest BCUT2D eigenvalue weighted by atomic mass is 32.2. The molecule has 3 heterocycles. The van der Waals surface area contributed by atoms with Crippen molar-refractivity contribution in [2.75, 3.05) is 26.3 Å². The molecular weight excluding hydrogens is 853 g/mol. The first-order chi connectivity index (χ1) is 28.9. The SMILES string of the molecule is C[C@@H]1Oc2c3cc(C(C)(C)C)cc2Sc2cc(C(C)(C)C)cc4c2OCCNC(=O)[C@H](C)Oc2c(cc(C(C)(C)C)cc2S4)Sc2cc(C(C)(C)C)cc(c2OCCNC1=O)S3. The summed E-state index contributed by atoms with van der Waals surface area (Å²) in [5, 5.41) is 6.14. The second-order valence-corrected chi connectivity index (χ2v) is 24.7. The minimum Gasteiger partial charge on any atom is -0.489 e. The van der Waals surface area contributed by atoms with Gasteiger partial charge in [0, 0.05) is 0 Å². The monoisotopic (exact) mass is 914 g/mol. The van der Waals surface area contributed by atoms with E-state index in [0.29, 0.717) is 36.1 Å². The van der Waals surface area contributed by atoms with E-state index < -0.39 is 12.2 Å². The van der Waals surface area contributed by atoms with Crippen molar-refractivity contribution < 1.29 is 28.5 Å². The van der Waals surface area contributed by atoms with Crippen molar-refractivity contribution in [2.24, 2.45) is 0 Å². The van der Waals surface area contributed by atoms with Gasteiger partial charge >= 0.3 is 0 Å². The van der Waals surface area contributed by atoms with Crippen molar-refractivity contribution in [3.05, 3.63) is 70.8 Å². The van der Waals surface area contributed by atoms with Crippen LogP contribution in [0.1, 0.15) is 119 Å². The van der Waals surface area contributed by atoms with Gasteiger partial charge in [0.05, 0.1) is 52.3 Å². The van der Waals surface area contributed by atoms with Crippen LogP contribution in [0.25, 0.3) is 0 Å². The van der Waals surface area contributed by atoms with Gasteiger partial charge in [-0.05, 0) is 106 Å². The maximum atomic E-state index is 13.7. The molecule has 0 fully saturated rings. The van der Waals surface area contributed by atoms with Crippen molar-refractivity contribution in [3.8, 4) is 23.0 Å². The van der Waals surface area contributed by atoms with E-state index in [1.54, 1.807) is 60.9 Å². The number of hydrogen-bond donors (Lipinski definition) is 2. The standard InChI is InChI=1S/C50H62N2O6S4/c1-27-45(53)51-15-17-55-41-33-19-29(47(3,4)5)22-36(41)62-40-26-32(50(12,13)14)24-38-44(40)58-28(2)46(54)52-16-18-56-42-34(60-38)20-30(48(6,7)8)21-35(42)61-39-25-31(49(9,10)11)23-37(59-33)43(39)57-27/h19-28H,15-18H2,1-14H3,(H,51,53)(H,52,54)/t27-,28-/m0/s1. The van der Waals surface area contributed by atoms with Crippen LogP contribution in [0.5, 0.6) is 23.0 Å². The van der Waals surface area contributed by atoms with E-state index in [-0.39, 0.29) is 46.7 Å². The number of amides is 2. The lowest BCUT2D eigenvalue weighted by atomic mass is 9.87. The molecule has 0 spiro atoms. The lowest BCUT2D eigenvalue weighted by Crippen LogP contribution is -2.38. The molecular formula is C50H62N2O6S4. The summed E-state index contributed by atoms with van der Waals surface area (Å²) >= 11 is 6.40. The third kappa shape index (κ3) is 10.2. The molecule has 12 heteroatoms. The number of hydrogen-bond acceptors (Lipinski definition) is 10. The van der Waals surface area contributed by atoms with Crippen molar-refractivity contribution in [1.82, 2.24) is 10.6 Å². The molecule has 0 aromatic heterocycles. The highest BCUT2D eigenvalue weighted by Gasteiger charge is 2.32. The number of carbonyl (C=O) groups is 2. The molecule has 2 atom stereocenters. The van der Waals surface area contributed by atoms with Crippen LogP contribution in [0.15, 0.2) is 87.7 Å². The zero-order valence-electron chi connectivity index (χ0n) is 38.7. The van der Waals surface area contributed by atoms with Crippen LogP contribution in [0, 0.1) is 0 Å². The third-order valence-corrected chi connectivity index (χ3v) is 15.2. The first-order valence-electron chi connectivity index (χ1n) is 21.5.